The Labute approximate surface area is 151 Å². The van der Waals surface area contributed by atoms with Gasteiger partial charge in [0.1, 0.15) is 5.54 Å². The lowest BCUT2D eigenvalue weighted by Gasteiger charge is -2.38. The highest BCUT2D eigenvalue weighted by Crippen LogP contribution is 2.39. The van der Waals surface area contributed by atoms with Gasteiger partial charge in [-0.05, 0) is 54.2 Å². The van der Waals surface area contributed by atoms with Gasteiger partial charge >= 0.3 is 5.97 Å². The normalized spacial score (nSPS) is 22.7. The number of carbonyl (C=O) groups is 2. The molecule has 2 aromatic rings. The molecule has 8 heteroatoms. The number of hydrogen-bond acceptors (Lipinski definition) is 6. The van der Waals surface area contributed by atoms with Gasteiger partial charge in [0, 0.05) is 6.92 Å². The first-order chi connectivity index (χ1) is 12.5. The molecule has 1 fully saturated rings. The van der Waals surface area contributed by atoms with E-state index in [2.05, 4.69) is 27.8 Å². The molecule has 1 N–H and O–H groups in total. The first-order valence-electron chi connectivity index (χ1n) is 8.72. The van der Waals surface area contributed by atoms with Crippen LogP contribution < -0.4 is 5.32 Å². The number of amides is 1. The number of ether oxygens (including phenoxy) is 1. The molecule has 8 nitrogen and oxygen atoms in total. The molecule has 0 radical (unpaired) electrons. The molecule has 1 aromatic carbocycles. The van der Waals surface area contributed by atoms with Crippen LogP contribution in [0.2, 0.25) is 0 Å². The lowest BCUT2D eigenvalue weighted by atomic mass is 9.76. The Balaban J connectivity index is 2.10. The summed E-state index contributed by atoms with van der Waals surface area (Å²) in [6.45, 7) is 3.70. The number of tetrazole rings is 1. The van der Waals surface area contributed by atoms with Crippen LogP contribution in [0.5, 0.6) is 0 Å². The molecule has 0 aliphatic heterocycles. The van der Waals surface area contributed by atoms with E-state index in [1.165, 1.54) is 18.7 Å². The van der Waals surface area contributed by atoms with Crippen molar-refractivity contribution in [2.45, 2.75) is 45.1 Å². The van der Waals surface area contributed by atoms with Crippen LogP contribution in [0.4, 0.5) is 0 Å². The Morgan fingerprint density at radius 3 is 2.62 bits per heavy atom. The average molecular weight is 357 g/mol. The van der Waals surface area contributed by atoms with Crippen molar-refractivity contribution in [2.75, 3.05) is 7.11 Å². The summed E-state index contributed by atoms with van der Waals surface area (Å²) >= 11 is 0. The van der Waals surface area contributed by atoms with Crippen molar-refractivity contribution in [3.63, 3.8) is 0 Å². The number of methoxy groups -OCH3 is 1. The number of nitrogens with one attached hydrogen (secondary N) is 1. The highest BCUT2D eigenvalue weighted by Gasteiger charge is 2.41. The molecule has 0 unspecified atom stereocenters. The third-order valence-electron chi connectivity index (χ3n) is 4.98. The molecule has 138 valence electrons. The fourth-order valence-corrected chi connectivity index (χ4v) is 3.59. The Kier molecular flexibility index (Phi) is 5.01. The summed E-state index contributed by atoms with van der Waals surface area (Å²) in [5.74, 6) is 0.530. The van der Waals surface area contributed by atoms with E-state index >= 15 is 0 Å². The summed E-state index contributed by atoms with van der Waals surface area (Å²) in [6, 6.07) is 6.99. The zero-order valence-corrected chi connectivity index (χ0v) is 15.2. The van der Waals surface area contributed by atoms with Crippen molar-refractivity contribution < 1.29 is 14.3 Å². The van der Waals surface area contributed by atoms with Crippen LogP contribution in [0, 0.1) is 5.92 Å². The third kappa shape index (κ3) is 3.31. The molecule has 0 bridgehead atoms. The third-order valence-corrected chi connectivity index (χ3v) is 4.98. The van der Waals surface area contributed by atoms with Gasteiger partial charge in [-0.1, -0.05) is 19.1 Å². The number of esters is 1. The Bertz CT molecular complexity index is 809. The van der Waals surface area contributed by atoms with E-state index in [4.69, 9.17) is 4.74 Å². The molecule has 1 aliphatic carbocycles. The van der Waals surface area contributed by atoms with E-state index in [0.717, 1.165) is 25.7 Å². The zero-order valence-electron chi connectivity index (χ0n) is 15.2. The van der Waals surface area contributed by atoms with Crippen LogP contribution in [0.1, 0.15) is 55.7 Å². The SMILES string of the molecule is COC(=O)c1ccccc1-n1nnnc1C1(NC(C)=O)CCC(C)CC1. The van der Waals surface area contributed by atoms with E-state index in [1.54, 1.807) is 24.3 Å². The van der Waals surface area contributed by atoms with Gasteiger partial charge in [-0.3, -0.25) is 4.79 Å². The van der Waals surface area contributed by atoms with Crippen molar-refractivity contribution in [2.24, 2.45) is 5.92 Å². The van der Waals surface area contributed by atoms with Crippen LogP contribution >= 0.6 is 0 Å². The van der Waals surface area contributed by atoms with Gasteiger partial charge in [-0.15, -0.1) is 5.10 Å². The number of aromatic nitrogens is 4. The molecule has 1 aromatic heterocycles. The van der Waals surface area contributed by atoms with E-state index in [1.807, 2.05) is 0 Å². The number of benzene rings is 1. The topological polar surface area (TPSA) is 99.0 Å². The smallest absolute Gasteiger partial charge is 0.340 e. The molecule has 0 saturated heterocycles. The van der Waals surface area contributed by atoms with Crippen molar-refractivity contribution in [3.8, 4) is 5.69 Å². The van der Waals surface area contributed by atoms with Crippen LogP contribution in [0.25, 0.3) is 5.69 Å². The van der Waals surface area contributed by atoms with Crippen LogP contribution in [0.15, 0.2) is 24.3 Å². The van der Waals surface area contributed by atoms with Crippen LogP contribution in [-0.2, 0) is 15.1 Å². The maximum atomic E-state index is 12.1. The predicted molar refractivity (Wildman–Crippen MR) is 93.6 cm³/mol. The molecular weight excluding hydrogens is 334 g/mol. The molecular formula is C18H23N5O3. The van der Waals surface area contributed by atoms with E-state index in [-0.39, 0.29) is 5.91 Å². The highest BCUT2D eigenvalue weighted by molar-refractivity contribution is 5.93. The molecule has 1 heterocycles. The lowest BCUT2D eigenvalue weighted by molar-refractivity contribution is -0.121. The summed E-state index contributed by atoms with van der Waals surface area (Å²) in [5.41, 5.74) is 0.249. The predicted octanol–water partition coefficient (Wildman–Crippen LogP) is 1.99. The van der Waals surface area contributed by atoms with Crippen LogP contribution in [-0.4, -0.2) is 39.2 Å². The molecule has 1 aliphatic rings. The average Bonchev–Trinajstić information content (AvgIpc) is 3.13. The largest absolute Gasteiger partial charge is 0.465 e. The van der Waals surface area contributed by atoms with Crippen molar-refractivity contribution in [1.29, 1.82) is 0 Å². The monoisotopic (exact) mass is 357 g/mol. The molecule has 0 atom stereocenters. The molecule has 3 rings (SSSR count). The number of nitrogens with zero attached hydrogens (tertiary/aromatic N) is 4. The maximum absolute atomic E-state index is 12.1. The van der Waals surface area contributed by atoms with Crippen molar-refractivity contribution in [1.82, 2.24) is 25.5 Å². The molecule has 26 heavy (non-hydrogen) atoms. The summed E-state index contributed by atoms with van der Waals surface area (Å²) in [4.78, 5) is 24.0. The maximum Gasteiger partial charge on any atom is 0.340 e. The first kappa shape index (κ1) is 18.0. The number of hydrogen-bond donors (Lipinski definition) is 1. The minimum Gasteiger partial charge on any atom is -0.465 e. The fourth-order valence-electron chi connectivity index (χ4n) is 3.59. The van der Waals surface area contributed by atoms with Gasteiger partial charge in [0.2, 0.25) is 5.91 Å². The minimum absolute atomic E-state index is 0.129. The Morgan fingerprint density at radius 2 is 1.96 bits per heavy atom. The van der Waals surface area contributed by atoms with E-state index in [0.29, 0.717) is 23.0 Å². The fraction of sp³-hybridized carbons (Fsp3) is 0.500. The zero-order chi connectivity index (χ0) is 18.7. The highest BCUT2D eigenvalue weighted by atomic mass is 16.5. The van der Waals surface area contributed by atoms with Crippen molar-refractivity contribution in [3.05, 3.63) is 35.7 Å². The van der Waals surface area contributed by atoms with Crippen molar-refractivity contribution >= 4 is 11.9 Å². The lowest BCUT2D eigenvalue weighted by Crippen LogP contribution is -2.49. The standard InChI is InChI=1S/C18H23N5O3/c1-12-8-10-18(11-9-12,19-13(2)24)17-20-21-22-23(17)15-7-5-4-6-14(15)16(25)26-3/h4-7,12H,8-11H2,1-3H3,(H,19,24). The van der Waals surface area contributed by atoms with Gasteiger partial charge in [0.25, 0.3) is 0 Å². The van der Waals surface area contributed by atoms with E-state index in [9.17, 15) is 9.59 Å². The molecule has 0 spiro atoms. The summed E-state index contributed by atoms with van der Waals surface area (Å²) in [5, 5.41) is 15.2. The number of rotatable bonds is 4. The Morgan fingerprint density at radius 1 is 1.27 bits per heavy atom. The number of carbonyl (C=O) groups excluding carboxylic acids is 2. The van der Waals surface area contributed by atoms with Crippen LogP contribution in [0.3, 0.4) is 0 Å². The minimum atomic E-state index is -0.648. The second-order valence-corrected chi connectivity index (χ2v) is 6.87. The van der Waals surface area contributed by atoms with Gasteiger partial charge < -0.3 is 10.1 Å². The number of para-hydroxylation sites is 1. The summed E-state index contributed by atoms with van der Waals surface area (Å²) in [7, 11) is 1.33. The summed E-state index contributed by atoms with van der Waals surface area (Å²) in [6.07, 6.45) is 3.42. The summed E-state index contributed by atoms with van der Waals surface area (Å²) < 4.78 is 6.41. The van der Waals surface area contributed by atoms with Gasteiger partial charge in [0.05, 0.1) is 18.4 Å². The van der Waals surface area contributed by atoms with Gasteiger partial charge in [-0.25, -0.2) is 4.79 Å². The second kappa shape index (κ2) is 7.23. The van der Waals surface area contributed by atoms with E-state index < -0.39 is 11.5 Å². The van der Waals surface area contributed by atoms with Gasteiger partial charge in [0.15, 0.2) is 5.82 Å². The second-order valence-electron chi connectivity index (χ2n) is 6.87. The molecule has 1 amide bonds. The first-order valence-corrected chi connectivity index (χ1v) is 8.72. The Hall–Kier alpha value is -2.77. The quantitative estimate of drug-likeness (QED) is 0.840. The van der Waals surface area contributed by atoms with Gasteiger partial charge in [-0.2, -0.15) is 4.68 Å². The molecule has 1 saturated carbocycles.